The van der Waals surface area contributed by atoms with Gasteiger partial charge in [0.25, 0.3) is 0 Å². The van der Waals surface area contributed by atoms with E-state index in [0.717, 1.165) is 11.1 Å². The molecule has 0 saturated heterocycles. The van der Waals surface area contributed by atoms with Crippen LogP contribution in [-0.2, 0) is 21.2 Å². The average Bonchev–Trinajstić information content (AvgIpc) is 3.30. The maximum Gasteiger partial charge on any atom is 0.249 e. The number of carbonyl (C=O) groups excluding carboxylic acids is 1. The lowest BCUT2D eigenvalue weighted by Crippen LogP contribution is -2.24. The predicted molar refractivity (Wildman–Crippen MR) is 111 cm³/mol. The maximum atomic E-state index is 13.2. The van der Waals surface area contributed by atoms with E-state index in [0.29, 0.717) is 17.8 Å². The molecule has 0 bridgehead atoms. The van der Waals surface area contributed by atoms with Crippen LogP contribution < -0.4 is 10.6 Å². The van der Waals surface area contributed by atoms with Crippen LogP contribution in [-0.4, -0.2) is 24.5 Å². The summed E-state index contributed by atoms with van der Waals surface area (Å²) in [7, 11) is -3.70. The summed E-state index contributed by atoms with van der Waals surface area (Å²) in [5, 5.41) is 11.6. The molecular formula is C21H20N4O3S. The third kappa shape index (κ3) is 3.85. The van der Waals surface area contributed by atoms with Gasteiger partial charge >= 0.3 is 0 Å². The van der Waals surface area contributed by atoms with Crippen molar-refractivity contribution in [2.45, 2.75) is 23.7 Å². The van der Waals surface area contributed by atoms with Crippen molar-refractivity contribution in [2.75, 3.05) is 5.32 Å². The fourth-order valence-electron chi connectivity index (χ4n) is 3.28. The monoisotopic (exact) mass is 408 g/mol. The van der Waals surface area contributed by atoms with Crippen molar-refractivity contribution in [1.82, 2.24) is 15.5 Å². The van der Waals surface area contributed by atoms with Gasteiger partial charge in [-0.25, -0.2) is 8.42 Å². The van der Waals surface area contributed by atoms with Gasteiger partial charge in [0.15, 0.2) is 15.7 Å². The number of nitrogens with one attached hydrogen (secondary N) is 3. The molecule has 1 unspecified atom stereocenters. The summed E-state index contributed by atoms with van der Waals surface area (Å²) in [6.45, 7) is 2.17. The van der Waals surface area contributed by atoms with E-state index < -0.39 is 15.2 Å². The van der Waals surface area contributed by atoms with Crippen molar-refractivity contribution in [2.24, 2.45) is 0 Å². The molecule has 7 nitrogen and oxygen atoms in total. The molecule has 0 saturated carbocycles. The van der Waals surface area contributed by atoms with E-state index in [1.807, 2.05) is 43.3 Å². The van der Waals surface area contributed by atoms with Crippen molar-refractivity contribution in [3.05, 3.63) is 83.1 Å². The highest BCUT2D eigenvalue weighted by Gasteiger charge is 2.38. The zero-order valence-corrected chi connectivity index (χ0v) is 16.5. The largest absolute Gasteiger partial charge is 0.305 e. The molecule has 2 heterocycles. The number of hydrogen-bond acceptors (Lipinski definition) is 5. The first kappa shape index (κ1) is 19.1. The number of aryl methyl sites for hydroxylation is 1. The maximum absolute atomic E-state index is 13.2. The topological polar surface area (TPSA) is 104 Å². The third-order valence-corrected chi connectivity index (χ3v) is 6.64. The lowest BCUT2D eigenvalue weighted by Gasteiger charge is -2.14. The number of rotatable bonds is 5. The molecule has 0 spiro atoms. The molecule has 0 fully saturated rings. The van der Waals surface area contributed by atoms with E-state index >= 15 is 0 Å². The van der Waals surface area contributed by atoms with E-state index in [9.17, 15) is 13.2 Å². The normalized spacial score (nSPS) is 16.1. The fraction of sp³-hybridized carbons (Fsp3) is 0.143. The van der Waals surface area contributed by atoms with Gasteiger partial charge < -0.3 is 5.32 Å². The lowest BCUT2D eigenvalue weighted by atomic mass is 10.2. The summed E-state index contributed by atoms with van der Waals surface area (Å²) in [5.74, 6) is -0.171. The Bertz CT molecular complexity index is 1180. The zero-order chi connectivity index (χ0) is 20.4. The highest BCUT2D eigenvalue weighted by atomic mass is 32.2. The molecule has 1 aliphatic heterocycles. The summed E-state index contributed by atoms with van der Waals surface area (Å²) in [4.78, 5) is 12.6. The predicted octanol–water partition coefficient (Wildman–Crippen LogP) is 2.95. The number of amides is 1. The number of benzene rings is 2. The summed E-state index contributed by atoms with van der Waals surface area (Å²) in [5.41, 5.74) is 2.84. The van der Waals surface area contributed by atoms with E-state index in [1.165, 1.54) is 6.08 Å². The highest BCUT2D eigenvalue weighted by Crippen LogP contribution is 2.37. The third-order valence-electron chi connectivity index (χ3n) is 4.71. The van der Waals surface area contributed by atoms with Gasteiger partial charge in [-0.15, -0.1) is 0 Å². The Hall–Kier alpha value is -3.23. The van der Waals surface area contributed by atoms with Crippen LogP contribution >= 0.6 is 0 Å². The molecule has 3 aromatic rings. The van der Waals surface area contributed by atoms with Gasteiger partial charge in [0.2, 0.25) is 5.91 Å². The lowest BCUT2D eigenvalue weighted by molar-refractivity contribution is -0.111. The number of sulfone groups is 1. The molecule has 1 aromatic heterocycles. The molecule has 3 N–H and O–H groups in total. The second-order valence-electron chi connectivity index (χ2n) is 6.82. The van der Waals surface area contributed by atoms with Crippen LogP contribution in [0, 0.1) is 6.92 Å². The number of hydrogen-bond donors (Lipinski definition) is 3. The number of fused-ring (bicyclic) bond motifs is 1. The van der Waals surface area contributed by atoms with Crippen molar-refractivity contribution >= 4 is 27.6 Å². The summed E-state index contributed by atoms with van der Waals surface area (Å²) < 4.78 is 26.3. The van der Waals surface area contributed by atoms with Crippen LogP contribution in [0.5, 0.6) is 0 Å². The number of H-pyrrole nitrogens is 1. The Morgan fingerprint density at radius 2 is 1.97 bits per heavy atom. The van der Waals surface area contributed by atoms with Gasteiger partial charge in [-0.3, -0.25) is 15.2 Å². The molecule has 0 aliphatic carbocycles. The molecule has 29 heavy (non-hydrogen) atoms. The number of anilines is 1. The van der Waals surface area contributed by atoms with Gasteiger partial charge in [0.05, 0.1) is 16.2 Å². The molecule has 1 aliphatic rings. The van der Waals surface area contributed by atoms with Crippen LogP contribution in [0.4, 0.5) is 5.82 Å². The zero-order valence-electron chi connectivity index (χ0n) is 15.7. The molecule has 8 heteroatoms. The van der Waals surface area contributed by atoms with Gasteiger partial charge in [-0.1, -0.05) is 42.5 Å². The first-order chi connectivity index (χ1) is 13.9. The molecule has 4 rings (SSSR count). The van der Waals surface area contributed by atoms with Crippen molar-refractivity contribution < 1.29 is 13.2 Å². The van der Waals surface area contributed by atoms with Crippen LogP contribution in [0.25, 0.3) is 6.08 Å². The first-order valence-corrected chi connectivity index (χ1v) is 10.6. The average molecular weight is 408 g/mol. The highest BCUT2D eigenvalue weighted by molar-refractivity contribution is 7.91. The Morgan fingerprint density at radius 1 is 1.17 bits per heavy atom. The Kier molecular flexibility index (Phi) is 5.04. The summed E-state index contributed by atoms with van der Waals surface area (Å²) >= 11 is 0. The van der Waals surface area contributed by atoms with Gasteiger partial charge in [0, 0.05) is 12.6 Å². The Labute approximate surface area is 168 Å². The molecule has 1 amide bonds. The smallest absolute Gasteiger partial charge is 0.249 e. The molecular weight excluding hydrogens is 388 g/mol. The number of aromatic nitrogens is 2. The summed E-state index contributed by atoms with van der Waals surface area (Å²) in [6, 6.07) is 16.2. The van der Waals surface area contributed by atoms with E-state index in [4.69, 9.17) is 0 Å². The van der Waals surface area contributed by atoms with E-state index in [2.05, 4.69) is 20.8 Å². The van der Waals surface area contributed by atoms with Crippen molar-refractivity contribution in [3.8, 4) is 0 Å². The Morgan fingerprint density at radius 3 is 2.72 bits per heavy atom. The minimum Gasteiger partial charge on any atom is -0.305 e. The van der Waals surface area contributed by atoms with Gasteiger partial charge in [-0.05, 0) is 36.3 Å². The van der Waals surface area contributed by atoms with Crippen LogP contribution in [0.3, 0.4) is 0 Å². The van der Waals surface area contributed by atoms with Crippen LogP contribution in [0.1, 0.15) is 27.8 Å². The fourth-order valence-corrected chi connectivity index (χ4v) is 5.04. The second kappa shape index (κ2) is 7.65. The SMILES string of the molecule is Cc1cccc(S(=O)(=O)C2NCc3[nH]nc(NC(=O)/C=C\c4ccccc4)c32)c1. The van der Waals surface area contributed by atoms with Gasteiger partial charge in [0.1, 0.15) is 5.37 Å². The quantitative estimate of drug-likeness (QED) is 0.563. The summed E-state index contributed by atoms with van der Waals surface area (Å²) in [6.07, 6.45) is 3.07. The first-order valence-electron chi connectivity index (χ1n) is 9.10. The second-order valence-corrected chi connectivity index (χ2v) is 8.85. The van der Waals surface area contributed by atoms with Gasteiger partial charge in [-0.2, -0.15) is 5.10 Å². The number of carbonyl (C=O) groups is 1. The molecule has 148 valence electrons. The number of nitrogens with zero attached hydrogens (tertiary/aromatic N) is 1. The Balaban J connectivity index is 1.59. The van der Waals surface area contributed by atoms with E-state index in [-0.39, 0.29) is 16.6 Å². The standard InChI is InChI=1S/C21H20N4O3S/c1-14-6-5-9-16(12-14)29(27,28)21-19-17(13-22-21)24-25-20(19)23-18(26)11-10-15-7-3-2-4-8-15/h2-12,21-22H,13H2,1H3,(H2,23,24,25,26)/b11-10-. The molecule has 0 radical (unpaired) electrons. The minimum atomic E-state index is -3.70. The number of aromatic amines is 1. The van der Waals surface area contributed by atoms with E-state index in [1.54, 1.807) is 24.3 Å². The molecule has 2 aromatic carbocycles. The van der Waals surface area contributed by atoms with Crippen molar-refractivity contribution in [1.29, 1.82) is 0 Å². The van der Waals surface area contributed by atoms with Crippen LogP contribution in [0.2, 0.25) is 0 Å². The van der Waals surface area contributed by atoms with Crippen LogP contribution in [0.15, 0.2) is 65.6 Å². The molecule has 1 atom stereocenters. The van der Waals surface area contributed by atoms with Crippen molar-refractivity contribution in [3.63, 3.8) is 0 Å². The minimum absolute atomic E-state index is 0.217.